The first-order valence-corrected chi connectivity index (χ1v) is 7.35. The number of aliphatic hydroxyl groups is 1. The van der Waals surface area contributed by atoms with Gasteiger partial charge in [-0.2, -0.15) is 0 Å². The molecular formula is C16H26N2O. The van der Waals surface area contributed by atoms with E-state index in [2.05, 4.69) is 35.9 Å². The molecule has 0 amide bonds. The third kappa shape index (κ3) is 3.48. The number of aliphatic hydroxyl groups excluding tert-OH is 1. The standard InChI is InChI=1S/C16H26N2O/c1-4-18-11-5-6-16(18)12-17(3)15-9-7-14(8-10-15)13(2)19/h7-10,13,16,19H,4-6,11-12H2,1-3H3/t13-,16?/m0/s1. The first kappa shape index (κ1) is 14.4. The summed E-state index contributed by atoms with van der Waals surface area (Å²) < 4.78 is 0. The number of nitrogens with zero attached hydrogens (tertiary/aromatic N) is 2. The van der Waals surface area contributed by atoms with Crippen molar-refractivity contribution in [1.29, 1.82) is 0 Å². The zero-order valence-corrected chi connectivity index (χ0v) is 12.3. The Morgan fingerprint density at radius 2 is 2.05 bits per heavy atom. The van der Waals surface area contributed by atoms with E-state index in [1.165, 1.54) is 25.1 Å². The average molecular weight is 262 g/mol. The Balaban J connectivity index is 1.97. The summed E-state index contributed by atoms with van der Waals surface area (Å²) in [7, 11) is 2.16. The summed E-state index contributed by atoms with van der Waals surface area (Å²) in [6, 6.07) is 8.93. The molecular weight excluding hydrogens is 236 g/mol. The van der Waals surface area contributed by atoms with Crippen LogP contribution in [0.4, 0.5) is 5.69 Å². The predicted octanol–water partition coefficient (Wildman–Crippen LogP) is 2.66. The summed E-state index contributed by atoms with van der Waals surface area (Å²) in [5.74, 6) is 0. The number of likely N-dealkylation sites (N-methyl/N-ethyl adjacent to an activating group) is 2. The van der Waals surface area contributed by atoms with Crippen molar-refractivity contribution in [3.05, 3.63) is 29.8 Å². The molecule has 1 aromatic carbocycles. The number of benzene rings is 1. The lowest BCUT2D eigenvalue weighted by Gasteiger charge is -2.29. The largest absolute Gasteiger partial charge is 0.389 e. The second-order valence-electron chi connectivity index (χ2n) is 5.57. The summed E-state index contributed by atoms with van der Waals surface area (Å²) in [6.45, 7) is 7.53. The molecule has 0 radical (unpaired) electrons. The summed E-state index contributed by atoms with van der Waals surface area (Å²) in [5, 5.41) is 9.53. The zero-order valence-electron chi connectivity index (χ0n) is 12.3. The Morgan fingerprint density at radius 1 is 1.37 bits per heavy atom. The van der Waals surface area contributed by atoms with E-state index in [1.54, 1.807) is 6.92 Å². The van der Waals surface area contributed by atoms with Crippen LogP contribution in [0.1, 0.15) is 38.4 Å². The molecule has 1 aliphatic rings. The van der Waals surface area contributed by atoms with Gasteiger partial charge in [-0.25, -0.2) is 0 Å². The smallest absolute Gasteiger partial charge is 0.0761 e. The number of rotatable bonds is 5. The first-order chi connectivity index (χ1) is 9.11. The minimum absolute atomic E-state index is 0.384. The Bertz CT molecular complexity index is 388. The number of hydrogen-bond donors (Lipinski definition) is 1. The lowest BCUT2D eigenvalue weighted by Crippen LogP contribution is -2.38. The third-order valence-electron chi connectivity index (χ3n) is 4.21. The van der Waals surface area contributed by atoms with Gasteiger partial charge in [0.05, 0.1) is 6.10 Å². The molecule has 0 saturated carbocycles. The van der Waals surface area contributed by atoms with E-state index < -0.39 is 0 Å². The highest BCUT2D eigenvalue weighted by Crippen LogP contribution is 2.22. The monoisotopic (exact) mass is 262 g/mol. The van der Waals surface area contributed by atoms with Crippen LogP contribution in [0.15, 0.2) is 24.3 Å². The van der Waals surface area contributed by atoms with Crippen molar-refractivity contribution < 1.29 is 5.11 Å². The van der Waals surface area contributed by atoms with Crippen LogP contribution in [-0.2, 0) is 0 Å². The van der Waals surface area contributed by atoms with Crippen LogP contribution >= 0.6 is 0 Å². The third-order valence-corrected chi connectivity index (χ3v) is 4.21. The lowest BCUT2D eigenvalue weighted by molar-refractivity contribution is 0.199. The molecule has 1 aliphatic heterocycles. The Hall–Kier alpha value is -1.06. The number of likely N-dealkylation sites (tertiary alicyclic amines) is 1. The average Bonchev–Trinajstić information content (AvgIpc) is 2.86. The quantitative estimate of drug-likeness (QED) is 0.884. The molecule has 2 atom stereocenters. The number of hydrogen-bond acceptors (Lipinski definition) is 3. The van der Waals surface area contributed by atoms with E-state index in [4.69, 9.17) is 0 Å². The normalized spacial score (nSPS) is 21.6. The summed E-state index contributed by atoms with van der Waals surface area (Å²) in [5.41, 5.74) is 2.21. The fourth-order valence-electron chi connectivity index (χ4n) is 2.95. The van der Waals surface area contributed by atoms with Gasteiger partial charge < -0.3 is 10.0 Å². The number of anilines is 1. The maximum Gasteiger partial charge on any atom is 0.0761 e. The van der Waals surface area contributed by atoms with Gasteiger partial charge in [-0.1, -0.05) is 19.1 Å². The predicted molar refractivity (Wildman–Crippen MR) is 80.6 cm³/mol. The molecule has 0 aliphatic carbocycles. The molecule has 1 aromatic rings. The molecule has 0 bridgehead atoms. The Morgan fingerprint density at radius 3 is 2.63 bits per heavy atom. The van der Waals surface area contributed by atoms with Gasteiger partial charge in [-0.15, -0.1) is 0 Å². The van der Waals surface area contributed by atoms with E-state index in [-0.39, 0.29) is 6.10 Å². The molecule has 0 spiro atoms. The lowest BCUT2D eigenvalue weighted by atomic mass is 10.1. The van der Waals surface area contributed by atoms with Crippen molar-refractivity contribution in [1.82, 2.24) is 4.90 Å². The second-order valence-corrected chi connectivity index (χ2v) is 5.57. The van der Waals surface area contributed by atoms with Gasteiger partial charge in [0.2, 0.25) is 0 Å². The zero-order chi connectivity index (χ0) is 13.8. The molecule has 2 rings (SSSR count). The SMILES string of the molecule is CCN1CCCC1CN(C)c1ccc([C@H](C)O)cc1. The van der Waals surface area contributed by atoms with Gasteiger partial charge >= 0.3 is 0 Å². The minimum Gasteiger partial charge on any atom is -0.389 e. The first-order valence-electron chi connectivity index (χ1n) is 7.35. The van der Waals surface area contributed by atoms with Gasteiger partial charge in [0.1, 0.15) is 0 Å². The summed E-state index contributed by atoms with van der Waals surface area (Å²) >= 11 is 0. The molecule has 3 nitrogen and oxygen atoms in total. The maximum atomic E-state index is 9.53. The van der Waals surface area contributed by atoms with Gasteiger partial charge in [0, 0.05) is 25.3 Å². The fourth-order valence-corrected chi connectivity index (χ4v) is 2.95. The van der Waals surface area contributed by atoms with Crippen LogP contribution in [0.25, 0.3) is 0 Å². The van der Waals surface area contributed by atoms with E-state index in [1.807, 2.05) is 12.1 Å². The highest BCUT2D eigenvalue weighted by molar-refractivity contribution is 5.47. The van der Waals surface area contributed by atoms with Crippen LogP contribution in [0.5, 0.6) is 0 Å². The van der Waals surface area contributed by atoms with E-state index in [0.29, 0.717) is 6.04 Å². The highest BCUT2D eigenvalue weighted by atomic mass is 16.3. The molecule has 1 saturated heterocycles. The van der Waals surface area contributed by atoms with Crippen molar-refractivity contribution in [2.75, 3.05) is 31.6 Å². The van der Waals surface area contributed by atoms with Crippen molar-refractivity contribution in [2.45, 2.75) is 38.8 Å². The molecule has 106 valence electrons. The van der Waals surface area contributed by atoms with Crippen molar-refractivity contribution >= 4 is 5.69 Å². The van der Waals surface area contributed by atoms with Gasteiger partial charge in [0.15, 0.2) is 0 Å². The van der Waals surface area contributed by atoms with Crippen LogP contribution in [-0.4, -0.2) is 42.7 Å². The minimum atomic E-state index is -0.384. The molecule has 3 heteroatoms. The van der Waals surface area contributed by atoms with E-state index in [0.717, 1.165) is 18.7 Å². The van der Waals surface area contributed by atoms with Gasteiger partial charge in [-0.3, -0.25) is 4.90 Å². The highest BCUT2D eigenvalue weighted by Gasteiger charge is 2.24. The summed E-state index contributed by atoms with van der Waals surface area (Å²) in [6.07, 6.45) is 2.25. The topological polar surface area (TPSA) is 26.7 Å². The van der Waals surface area contributed by atoms with E-state index in [9.17, 15) is 5.11 Å². The van der Waals surface area contributed by atoms with Crippen LogP contribution < -0.4 is 4.90 Å². The Labute approximate surface area is 116 Å². The Kier molecular flexibility index (Phi) is 4.83. The van der Waals surface area contributed by atoms with E-state index >= 15 is 0 Å². The molecule has 1 heterocycles. The molecule has 1 unspecified atom stereocenters. The van der Waals surface area contributed by atoms with Crippen molar-refractivity contribution in [3.8, 4) is 0 Å². The van der Waals surface area contributed by atoms with Crippen LogP contribution in [0.2, 0.25) is 0 Å². The molecule has 19 heavy (non-hydrogen) atoms. The molecule has 1 N–H and O–H groups in total. The van der Waals surface area contributed by atoms with Crippen molar-refractivity contribution in [3.63, 3.8) is 0 Å². The van der Waals surface area contributed by atoms with Gasteiger partial charge in [-0.05, 0) is 50.6 Å². The molecule has 0 aromatic heterocycles. The maximum absolute atomic E-state index is 9.53. The van der Waals surface area contributed by atoms with Crippen molar-refractivity contribution in [2.24, 2.45) is 0 Å². The van der Waals surface area contributed by atoms with Crippen LogP contribution in [0, 0.1) is 0 Å². The van der Waals surface area contributed by atoms with Gasteiger partial charge in [0.25, 0.3) is 0 Å². The second kappa shape index (κ2) is 6.40. The fraction of sp³-hybridized carbons (Fsp3) is 0.625. The van der Waals surface area contributed by atoms with Crippen LogP contribution in [0.3, 0.4) is 0 Å². The summed E-state index contributed by atoms with van der Waals surface area (Å²) in [4.78, 5) is 4.89. The molecule has 1 fully saturated rings.